The summed E-state index contributed by atoms with van der Waals surface area (Å²) in [5.74, 6) is -2.04. The van der Waals surface area contributed by atoms with Gasteiger partial charge in [0.1, 0.15) is 11.6 Å². The average Bonchev–Trinajstić information content (AvgIpc) is 2.26. The summed E-state index contributed by atoms with van der Waals surface area (Å²) in [6, 6.07) is 3.52. The van der Waals surface area contributed by atoms with E-state index in [2.05, 4.69) is 0 Å². The molecule has 0 spiro atoms. The van der Waals surface area contributed by atoms with Crippen LogP contribution in [0.2, 0.25) is 0 Å². The molecule has 1 aromatic rings. The van der Waals surface area contributed by atoms with Gasteiger partial charge < -0.3 is 4.74 Å². The molecule has 0 aliphatic carbocycles. The molecule has 0 saturated heterocycles. The lowest BCUT2D eigenvalue weighted by Gasteiger charge is -2.08. The smallest absolute Gasteiger partial charge is 0.232 e. The summed E-state index contributed by atoms with van der Waals surface area (Å²) in [5.41, 5.74) is -0.0267. The fourth-order valence-electron chi connectivity index (χ4n) is 1.25. The number of ketones is 2. The average molecular weight is 224 g/mol. The predicted molar refractivity (Wildman–Crippen MR) is 57.1 cm³/mol. The Morgan fingerprint density at radius 2 is 1.94 bits per heavy atom. The molecule has 4 heteroatoms. The number of hydrogen-bond acceptors (Lipinski definition) is 3. The van der Waals surface area contributed by atoms with Crippen molar-refractivity contribution in [1.82, 2.24) is 0 Å². The van der Waals surface area contributed by atoms with Gasteiger partial charge >= 0.3 is 0 Å². The van der Waals surface area contributed by atoms with Crippen molar-refractivity contribution in [3.05, 3.63) is 29.6 Å². The standard InChI is InChI=1S/C12H13FO3/c1-7(2)11(14)12(15)9-6-8(13)4-5-10(9)16-3/h4-7H,1-3H3. The second-order valence-corrected chi connectivity index (χ2v) is 3.69. The maximum Gasteiger partial charge on any atom is 0.232 e. The van der Waals surface area contributed by atoms with Gasteiger partial charge in [-0.05, 0) is 18.2 Å². The summed E-state index contributed by atoms with van der Waals surface area (Å²) >= 11 is 0. The maximum absolute atomic E-state index is 13.0. The highest BCUT2D eigenvalue weighted by Crippen LogP contribution is 2.21. The van der Waals surface area contributed by atoms with E-state index in [1.54, 1.807) is 13.8 Å². The topological polar surface area (TPSA) is 43.4 Å². The van der Waals surface area contributed by atoms with Gasteiger partial charge in [-0.15, -0.1) is 0 Å². The van der Waals surface area contributed by atoms with Gasteiger partial charge in [-0.2, -0.15) is 0 Å². The number of ether oxygens (including phenoxy) is 1. The molecular weight excluding hydrogens is 211 g/mol. The second-order valence-electron chi connectivity index (χ2n) is 3.69. The minimum Gasteiger partial charge on any atom is -0.496 e. The van der Waals surface area contributed by atoms with Crippen molar-refractivity contribution >= 4 is 11.6 Å². The van der Waals surface area contributed by atoms with Crippen LogP contribution in [0.4, 0.5) is 4.39 Å². The van der Waals surface area contributed by atoms with E-state index in [0.29, 0.717) is 0 Å². The molecule has 0 amide bonds. The van der Waals surface area contributed by atoms with E-state index in [-0.39, 0.29) is 11.3 Å². The monoisotopic (exact) mass is 224 g/mol. The van der Waals surface area contributed by atoms with Crippen LogP contribution in [0.1, 0.15) is 24.2 Å². The summed E-state index contributed by atoms with van der Waals surface area (Å²) in [4.78, 5) is 23.2. The molecular formula is C12H13FO3. The number of Topliss-reactive ketones (excluding diaryl/α,β-unsaturated/α-hetero) is 2. The zero-order valence-corrected chi connectivity index (χ0v) is 9.41. The SMILES string of the molecule is COc1ccc(F)cc1C(=O)C(=O)C(C)C. The van der Waals surface area contributed by atoms with E-state index in [4.69, 9.17) is 4.74 Å². The van der Waals surface area contributed by atoms with Crippen LogP contribution < -0.4 is 4.74 Å². The molecule has 86 valence electrons. The molecule has 0 aromatic heterocycles. The van der Waals surface area contributed by atoms with E-state index >= 15 is 0 Å². The van der Waals surface area contributed by atoms with Crippen LogP contribution in [0.25, 0.3) is 0 Å². The van der Waals surface area contributed by atoms with Crippen molar-refractivity contribution < 1.29 is 18.7 Å². The fraction of sp³-hybridized carbons (Fsp3) is 0.333. The first-order valence-corrected chi connectivity index (χ1v) is 4.89. The first kappa shape index (κ1) is 12.4. The van der Waals surface area contributed by atoms with Crippen LogP contribution >= 0.6 is 0 Å². The van der Waals surface area contributed by atoms with Gasteiger partial charge in [0.15, 0.2) is 0 Å². The largest absolute Gasteiger partial charge is 0.496 e. The van der Waals surface area contributed by atoms with Crippen LogP contribution in [0.3, 0.4) is 0 Å². The minimum absolute atomic E-state index is 0.0267. The molecule has 16 heavy (non-hydrogen) atoms. The van der Waals surface area contributed by atoms with E-state index in [1.807, 2.05) is 0 Å². The molecule has 0 N–H and O–H groups in total. The Labute approximate surface area is 93.2 Å². The molecule has 0 fully saturated rings. The number of carbonyl (C=O) groups is 2. The highest BCUT2D eigenvalue weighted by atomic mass is 19.1. The van der Waals surface area contributed by atoms with Gasteiger partial charge in [-0.3, -0.25) is 9.59 Å². The third-order valence-corrected chi connectivity index (χ3v) is 2.15. The lowest BCUT2D eigenvalue weighted by atomic mass is 9.99. The van der Waals surface area contributed by atoms with Crippen molar-refractivity contribution in [1.29, 1.82) is 0 Å². The van der Waals surface area contributed by atoms with Crippen molar-refractivity contribution in [2.24, 2.45) is 5.92 Å². The molecule has 0 atom stereocenters. The number of carbonyl (C=O) groups excluding carboxylic acids is 2. The maximum atomic E-state index is 13.0. The Hall–Kier alpha value is -1.71. The number of halogens is 1. The third-order valence-electron chi connectivity index (χ3n) is 2.15. The lowest BCUT2D eigenvalue weighted by Crippen LogP contribution is -2.20. The summed E-state index contributed by atoms with van der Waals surface area (Å²) in [7, 11) is 1.36. The Morgan fingerprint density at radius 1 is 1.31 bits per heavy atom. The van der Waals surface area contributed by atoms with Crippen molar-refractivity contribution in [3.8, 4) is 5.75 Å². The summed E-state index contributed by atoms with van der Waals surface area (Å²) in [5, 5.41) is 0. The van der Waals surface area contributed by atoms with Gasteiger partial charge in [0, 0.05) is 5.92 Å². The Balaban J connectivity index is 3.16. The number of methoxy groups -OCH3 is 1. The predicted octanol–water partition coefficient (Wildman–Crippen LogP) is 2.24. The molecule has 1 aromatic carbocycles. The Bertz CT molecular complexity index is 424. The molecule has 0 bridgehead atoms. The number of benzene rings is 1. The molecule has 0 unspecified atom stereocenters. The van der Waals surface area contributed by atoms with Crippen molar-refractivity contribution in [2.75, 3.05) is 7.11 Å². The van der Waals surface area contributed by atoms with E-state index in [0.717, 1.165) is 6.07 Å². The zero-order valence-electron chi connectivity index (χ0n) is 9.41. The van der Waals surface area contributed by atoms with Gasteiger partial charge in [-0.25, -0.2) is 4.39 Å². The Morgan fingerprint density at radius 3 is 2.44 bits per heavy atom. The van der Waals surface area contributed by atoms with Gasteiger partial charge in [0.25, 0.3) is 0 Å². The Kier molecular flexibility index (Phi) is 3.77. The van der Waals surface area contributed by atoms with Gasteiger partial charge in [0.05, 0.1) is 12.7 Å². The van der Waals surface area contributed by atoms with Gasteiger partial charge in [0.2, 0.25) is 11.6 Å². The lowest BCUT2D eigenvalue weighted by molar-refractivity contribution is -0.117. The quantitative estimate of drug-likeness (QED) is 0.582. The first-order valence-electron chi connectivity index (χ1n) is 4.89. The number of hydrogen-bond donors (Lipinski definition) is 0. The van der Waals surface area contributed by atoms with Crippen molar-refractivity contribution in [2.45, 2.75) is 13.8 Å². The summed E-state index contributed by atoms with van der Waals surface area (Å²) < 4.78 is 17.9. The van der Waals surface area contributed by atoms with Crippen LogP contribution in [-0.2, 0) is 4.79 Å². The highest BCUT2D eigenvalue weighted by Gasteiger charge is 2.23. The zero-order chi connectivity index (χ0) is 12.3. The second kappa shape index (κ2) is 4.88. The van der Waals surface area contributed by atoms with Crippen LogP contribution in [-0.4, -0.2) is 18.7 Å². The van der Waals surface area contributed by atoms with E-state index < -0.39 is 23.3 Å². The molecule has 0 aliphatic heterocycles. The van der Waals surface area contributed by atoms with Crippen molar-refractivity contribution in [3.63, 3.8) is 0 Å². The molecule has 0 saturated carbocycles. The molecule has 0 radical (unpaired) electrons. The van der Waals surface area contributed by atoms with Crippen LogP contribution in [0.5, 0.6) is 5.75 Å². The highest BCUT2D eigenvalue weighted by molar-refractivity contribution is 6.44. The van der Waals surface area contributed by atoms with Crippen LogP contribution in [0, 0.1) is 11.7 Å². The first-order chi connectivity index (χ1) is 7.47. The molecule has 0 heterocycles. The molecule has 0 aliphatic rings. The fourth-order valence-corrected chi connectivity index (χ4v) is 1.25. The summed E-state index contributed by atoms with van der Waals surface area (Å²) in [6.07, 6.45) is 0. The normalized spacial score (nSPS) is 10.3. The molecule has 1 rings (SSSR count). The van der Waals surface area contributed by atoms with E-state index in [1.165, 1.54) is 19.2 Å². The van der Waals surface area contributed by atoms with E-state index in [9.17, 15) is 14.0 Å². The van der Waals surface area contributed by atoms with Gasteiger partial charge in [-0.1, -0.05) is 13.8 Å². The molecule has 3 nitrogen and oxygen atoms in total. The van der Waals surface area contributed by atoms with Crippen LogP contribution in [0.15, 0.2) is 18.2 Å². The number of rotatable bonds is 4. The third kappa shape index (κ3) is 2.45. The minimum atomic E-state index is -0.716. The summed E-state index contributed by atoms with van der Waals surface area (Å²) in [6.45, 7) is 3.23.